The fraction of sp³-hybridized carbons (Fsp3) is 0.533. The second kappa shape index (κ2) is 6.44. The van der Waals surface area contributed by atoms with E-state index in [-0.39, 0.29) is 6.10 Å². The van der Waals surface area contributed by atoms with E-state index in [0.717, 1.165) is 43.7 Å². The van der Waals surface area contributed by atoms with Gasteiger partial charge in [-0.1, -0.05) is 0 Å². The Morgan fingerprint density at radius 3 is 2.74 bits per heavy atom. The summed E-state index contributed by atoms with van der Waals surface area (Å²) >= 11 is 0. The third-order valence-corrected chi connectivity index (χ3v) is 3.74. The molecule has 1 aromatic carbocycles. The smallest absolute Gasteiger partial charge is 0.121 e. The summed E-state index contributed by atoms with van der Waals surface area (Å²) in [7, 11) is 1.62. The van der Waals surface area contributed by atoms with Crippen molar-refractivity contribution < 1.29 is 9.84 Å². The number of nitrogens with zero attached hydrogens (tertiary/aromatic N) is 1. The highest BCUT2D eigenvalue weighted by Crippen LogP contribution is 2.26. The first-order valence-electron chi connectivity index (χ1n) is 6.73. The van der Waals surface area contributed by atoms with Crippen LogP contribution in [-0.2, 0) is 0 Å². The molecule has 0 aromatic heterocycles. The summed E-state index contributed by atoms with van der Waals surface area (Å²) in [6.45, 7) is 0.842. The topological polar surface area (TPSA) is 65.3 Å². The summed E-state index contributed by atoms with van der Waals surface area (Å²) in [4.78, 5) is 0. The molecule has 2 rings (SSSR count). The van der Waals surface area contributed by atoms with Crippen molar-refractivity contribution in [1.29, 1.82) is 5.26 Å². The minimum Gasteiger partial charge on any atom is -0.497 e. The first kappa shape index (κ1) is 13.7. The Balaban J connectivity index is 1.96. The molecule has 0 saturated heterocycles. The molecule has 2 N–H and O–H groups in total. The van der Waals surface area contributed by atoms with Crippen molar-refractivity contribution in [3.63, 3.8) is 0 Å². The third kappa shape index (κ3) is 3.62. The minimum atomic E-state index is -0.122. The number of hydrogen-bond acceptors (Lipinski definition) is 4. The molecule has 19 heavy (non-hydrogen) atoms. The molecule has 0 bridgehead atoms. The number of aliphatic hydroxyl groups is 1. The number of anilines is 1. The van der Waals surface area contributed by atoms with E-state index in [0.29, 0.717) is 11.5 Å². The van der Waals surface area contributed by atoms with Gasteiger partial charge in [-0.25, -0.2) is 0 Å². The van der Waals surface area contributed by atoms with E-state index in [1.165, 1.54) is 0 Å². The van der Waals surface area contributed by atoms with E-state index in [1.54, 1.807) is 19.2 Å². The van der Waals surface area contributed by atoms with Crippen molar-refractivity contribution in [2.75, 3.05) is 19.0 Å². The lowest BCUT2D eigenvalue weighted by Crippen LogP contribution is -2.23. The van der Waals surface area contributed by atoms with Gasteiger partial charge in [-0.15, -0.1) is 0 Å². The van der Waals surface area contributed by atoms with E-state index in [4.69, 9.17) is 10.00 Å². The molecule has 0 heterocycles. The Morgan fingerprint density at radius 2 is 2.11 bits per heavy atom. The highest BCUT2D eigenvalue weighted by Gasteiger charge is 2.19. The summed E-state index contributed by atoms with van der Waals surface area (Å²) < 4.78 is 5.18. The maximum absolute atomic E-state index is 9.48. The van der Waals surface area contributed by atoms with Crippen LogP contribution in [0.1, 0.15) is 31.2 Å². The largest absolute Gasteiger partial charge is 0.497 e. The molecular weight excluding hydrogens is 240 g/mol. The number of benzene rings is 1. The number of methoxy groups -OCH3 is 1. The van der Waals surface area contributed by atoms with Crippen LogP contribution in [-0.4, -0.2) is 24.9 Å². The van der Waals surface area contributed by atoms with Gasteiger partial charge < -0.3 is 15.2 Å². The second-order valence-electron chi connectivity index (χ2n) is 5.08. The zero-order valence-electron chi connectivity index (χ0n) is 11.2. The molecule has 1 aliphatic rings. The fourth-order valence-electron chi connectivity index (χ4n) is 2.50. The Hall–Kier alpha value is -1.73. The quantitative estimate of drug-likeness (QED) is 0.873. The molecule has 0 atom stereocenters. The van der Waals surface area contributed by atoms with E-state index in [2.05, 4.69) is 11.4 Å². The maximum Gasteiger partial charge on any atom is 0.121 e. The summed E-state index contributed by atoms with van der Waals surface area (Å²) in [5.74, 6) is 1.32. The van der Waals surface area contributed by atoms with Crippen molar-refractivity contribution in [3.8, 4) is 11.8 Å². The number of ether oxygens (including phenoxy) is 1. The van der Waals surface area contributed by atoms with Crippen LogP contribution in [0.25, 0.3) is 0 Å². The molecule has 102 valence electrons. The number of nitrogens with one attached hydrogen (secondary N) is 1. The third-order valence-electron chi connectivity index (χ3n) is 3.74. The van der Waals surface area contributed by atoms with Gasteiger partial charge in [0.2, 0.25) is 0 Å². The van der Waals surface area contributed by atoms with E-state index < -0.39 is 0 Å². The molecule has 1 fully saturated rings. The molecule has 4 heteroatoms. The Labute approximate surface area is 114 Å². The van der Waals surface area contributed by atoms with Gasteiger partial charge in [-0.3, -0.25) is 0 Å². The first-order valence-corrected chi connectivity index (χ1v) is 6.73. The number of hydrogen-bond donors (Lipinski definition) is 2. The van der Waals surface area contributed by atoms with Crippen LogP contribution in [0.2, 0.25) is 0 Å². The molecule has 1 aliphatic carbocycles. The average molecular weight is 260 g/mol. The highest BCUT2D eigenvalue weighted by molar-refractivity contribution is 5.60. The van der Waals surface area contributed by atoms with Gasteiger partial charge in [0, 0.05) is 12.6 Å². The van der Waals surface area contributed by atoms with Gasteiger partial charge in [-0.2, -0.15) is 5.26 Å². The monoisotopic (exact) mass is 260 g/mol. The van der Waals surface area contributed by atoms with Crippen molar-refractivity contribution >= 4 is 5.69 Å². The SMILES string of the molecule is COc1ccc(C#N)c(NCC2CCC(O)CC2)c1. The zero-order valence-corrected chi connectivity index (χ0v) is 11.2. The summed E-state index contributed by atoms with van der Waals surface area (Å²) in [6, 6.07) is 7.60. The van der Waals surface area contributed by atoms with Gasteiger partial charge in [0.15, 0.2) is 0 Å². The van der Waals surface area contributed by atoms with Crippen LogP contribution in [0.4, 0.5) is 5.69 Å². The van der Waals surface area contributed by atoms with Gasteiger partial charge >= 0.3 is 0 Å². The van der Waals surface area contributed by atoms with E-state index >= 15 is 0 Å². The highest BCUT2D eigenvalue weighted by atomic mass is 16.5. The summed E-state index contributed by atoms with van der Waals surface area (Å²) in [6.07, 6.45) is 3.73. The number of rotatable bonds is 4. The van der Waals surface area contributed by atoms with Crippen LogP contribution < -0.4 is 10.1 Å². The Kier molecular flexibility index (Phi) is 4.64. The van der Waals surface area contributed by atoms with Crippen LogP contribution in [0, 0.1) is 17.2 Å². The predicted molar refractivity (Wildman–Crippen MR) is 74.2 cm³/mol. The lowest BCUT2D eigenvalue weighted by atomic mass is 9.87. The lowest BCUT2D eigenvalue weighted by Gasteiger charge is -2.26. The average Bonchev–Trinajstić information content (AvgIpc) is 2.46. The normalized spacial score (nSPS) is 22.6. The van der Waals surface area contributed by atoms with E-state index in [1.807, 2.05) is 6.07 Å². The van der Waals surface area contributed by atoms with Gasteiger partial charge in [0.1, 0.15) is 11.8 Å². The first-order chi connectivity index (χ1) is 9.22. The predicted octanol–water partition coefficient (Wildman–Crippen LogP) is 2.53. The molecule has 1 aromatic rings. The zero-order chi connectivity index (χ0) is 13.7. The maximum atomic E-state index is 9.48. The molecule has 0 aliphatic heterocycles. The standard InChI is InChI=1S/C15H20N2O2/c1-19-14-7-4-12(9-16)15(8-14)17-10-11-2-5-13(18)6-3-11/h4,7-8,11,13,17-18H,2-3,5-6,10H2,1H3. The fourth-order valence-corrected chi connectivity index (χ4v) is 2.50. The number of nitriles is 1. The van der Waals surface area contributed by atoms with Gasteiger partial charge in [-0.05, 0) is 43.7 Å². The molecular formula is C15H20N2O2. The van der Waals surface area contributed by atoms with Crippen molar-refractivity contribution in [2.24, 2.45) is 5.92 Å². The molecule has 0 spiro atoms. The van der Waals surface area contributed by atoms with Crippen LogP contribution in [0.3, 0.4) is 0 Å². The summed E-state index contributed by atoms with van der Waals surface area (Å²) in [5.41, 5.74) is 1.46. The Morgan fingerprint density at radius 1 is 1.37 bits per heavy atom. The molecule has 0 unspecified atom stereocenters. The lowest BCUT2D eigenvalue weighted by molar-refractivity contribution is 0.111. The second-order valence-corrected chi connectivity index (χ2v) is 5.08. The molecule has 0 radical (unpaired) electrons. The number of aliphatic hydroxyl groups excluding tert-OH is 1. The van der Waals surface area contributed by atoms with Crippen LogP contribution >= 0.6 is 0 Å². The summed E-state index contributed by atoms with van der Waals surface area (Å²) in [5, 5.41) is 21.9. The van der Waals surface area contributed by atoms with Crippen molar-refractivity contribution in [2.45, 2.75) is 31.8 Å². The van der Waals surface area contributed by atoms with Crippen molar-refractivity contribution in [3.05, 3.63) is 23.8 Å². The van der Waals surface area contributed by atoms with Gasteiger partial charge in [0.05, 0.1) is 24.5 Å². The Bertz CT molecular complexity index is 460. The van der Waals surface area contributed by atoms with Gasteiger partial charge in [0.25, 0.3) is 0 Å². The molecule has 4 nitrogen and oxygen atoms in total. The van der Waals surface area contributed by atoms with Crippen LogP contribution in [0.15, 0.2) is 18.2 Å². The van der Waals surface area contributed by atoms with Crippen molar-refractivity contribution in [1.82, 2.24) is 0 Å². The molecule has 0 amide bonds. The van der Waals surface area contributed by atoms with Crippen LogP contribution in [0.5, 0.6) is 5.75 Å². The van der Waals surface area contributed by atoms with E-state index in [9.17, 15) is 5.11 Å². The molecule has 1 saturated carbocycles. The minimum absolute atomic E-state index is 0.122.